The fourth-order valence-corrected chi connectivity index (χ4v) is 4.85. The van der Waals surface area contributed by atoms with Gasteiger partial charge in [-0.25, -0.2) is 14.9 Å². The summed E-state index contributed by atoms with van der Waals surface area (Å²) in [6, 6.07) is 3.87. The van der Waals surface area contributed by atoms with Gasteiger partial charge in [0, 0.05) is 49.9 Å². The third-order valence-electron chi connectivity index (χ3n) is 6.71. The number of anilines is 1. The number of amides is 2. The third kappa shape index (κ3) is 5.12. The van der Waals surface area contributed by atoms with E-state index in [1.807, 2.05) is 12.2 Å². The Morgan fingerprint density at radius 2 is 2.17 bits per heavy atom. The van der Waals surface area contributed by atoms with Gasteiger partial charge in [-0.15, -0.1) is 0 Å². The van der Waals surface area contributed by atoms with E-state index in [1.54, 1.807) is 35.6 Å². The minimum absolute atomic E-state index is 0.0456. The zero-order valence-corrected chi connectivity index (χ0v) is 21.2. The molecule has 3 aliphatic heterocycles. The van der Waals surface area contributed by atoms with Crippen molar-refractivity contribution < 1.29 is 27.8 Å². The van der Waals surface area contributed by atoms with Gasteiger partial charge < -0.3 is 30.0 Å². The third-order valence-corrected chi connectivity index (χ3v) is 6.71. The number of hydrogen-bond donors (Lipinski definition) is 3. The molecule has 208 valence electrons. The minimum atomic E-state index is -3.08. The summed E-state index contributed by atoms with van der Waals surface area (Å²) in [6.45, 7) is -1.12. The molecule has 14 heteroatoms. The fraction of sp³-hybridized carbons (Fsp3) is 0.308. The van der Waals surface area contributed by atoms with Gasteiger partial charge >= 0.3 is 6.61 Å². The molecule has 0 spiro atoms. The Balaban J connectivity index is 1.33. The van der Waals surface area contributed by atoms with Crippen molar-refractivity contribution in [3.63, 3.8) is 0 Å². The summed E-state index contributed by atoms with van der Waals surface area (Å²) in [7, 11) is 0. The Labute approximate surface area is 227 Å². The van der Waals surface area contributed by atoms with Crippen LogP contribution in [0, 0.1) is 0 Å². The van der Waals surface area contributed by atoms with Gasteiger partial charge in [-0.3, -0.25) is 9.59 Å². The van der Waals surface area contributed by atoms with Crippen LogP contribution in [0.1, 0.15) is 28.4 Å². The highest BCUT2D eigenvalue weighted by Crippen LogP contribution is 2.41. The van der Waals surface area contributed by atoms with Crippen molar-refractivity contribution in [1.82, 2.24) is 35.2 Å². The van der Waals surface area contributed by atoms with Gasteiger partial charge in [0.15, 0.2) is 5.65 Å². The molecule has 6 rings (SSSR count). The second-order valence-electron chi connectivity index (χ2n) is 9.31. The minimum Gasteiger partial charge on any atom is -0.490 e. The van der Waals surface area contributed by atoms with Gasteiger partial charge in [-0.1, -0.05) is 12.2 Å². The van der Waals surface area contributed by atoms with Crippen molar-refractivity contribution in [2.24, 2.45) is 0 Å². The summed E-state index contributed by atoms with van der Waals surface area (Å²) in [6.07, 6.45) is 10.9. The van der Waals surface area contributed by atoms with Gasteiger partial charge in [0.2, 0.25) is 5.91 Å². The van der Waals surface area contributed by atoms with Gasteiger partial charge in [-0.05, 0) is 18.6 Å². The number of carbonyl (C=O) groups is 2. The molecular formula is C26H26F2N8O4. The molecule has 40 heavy (non-hydrogen) atoms. The van der Waals surface area contributed by atoms with E-state index in [4.69, 9.17) is 9.47 Å². The predicted octanol–water partition coefficient (Wildman–Crippen LogP) is 2.06. The van der Waals surface area contributed by atoms with Gasteiger partial charge in [-0.2, -0.15) is 13.9 Å². The van der Waals surface area contributed by atoms with E-state index in [1.165, 1.54) is 21.8 Å². The first-order valence-electron chi connectivity index (χ1n) is 12.7. The zero-order chi connectivity index (χ0) is 27.6. The monoisotopic (exact) mass is 552 g/mol. The van der Waals surface area contributed by atoms with Crippen molar-refractivity contribution in [2.45, 2.75) is 19.1 Å². The molecule has 1 atom stereocenters. The van der Waals surface area contributed by atoms with Crippen LogP contribution >= 0.6 is 0 Å². The summed E-state index contributed by atoms with van der Waals surface area (Å²) in [5.74, 6) is -0.283. The van der Waals surface area contributed by atoms with Crippen LogP contribution in [0.2, 0.25) is 0 Å². The molecule has 2 amide bonds. The number of alkyl halides is 2. The Morgan fingerprint density at radius 3 is 3.00 bits per heavy atom. The van der Waals surface area contributed by atoms with Crippen molar-refractivity contribution in [3.05, 3.63) is 72.0 Å². The van der Waals surface area contributed by atoms with Crippen LogP contribution in [0.5, 0.6) is 11.5 Å². The molecule has 12 nitrogen and oxygen atoms in total. The van der Waals surface area contributed by atoms with Gasteiger partial charge in [0.25, 0.3) is 5.91 Å². The molecule has 3 N–H and O–H groups in total. The van der Waals surface area contributed by atoms with Crippen LogP contribution < -0.4 is 25.5 Å². The van der Waals surface area contributed by atoms with E-state index >= 15 is 0 Å². The first-order valence-corrected chi connectivity index (χ1v) is 12.7. The average Bonchev–Trinajstić information content (AvgIpc) is 3.57. The number of nitrogens with zero attached hydrogens (tertiary/aromatic N) is 5. The summed E-state index contributed by atoms with van der Waals surface area (Å²) in [4.78, 5) is 32.3. The Bertz CT molecular complexity index is 1510. The van der Waals surface area contributed by atoms with Crippen LogP contribution in [-0.4, -0.2) is 75.7 Å². The topological polar surface area (TPSA) is 125 Å². The number of rotatable bonds is 7. The van der Waals surface area contributed by atoms with Gasteiger partial charge in [0.05, 0.1) is 23.6 Å². The van der Waals surface area contributed by atoms with Crippen LogP contribution in [0.3, 0.4) is 0 Å². The fourth-order valence-electron chi connectivity index (χ4n) is 4.85. The van der Waals surface area contributed by atoms with Crippen LogP contribution in [0.25, 0.3) is 5.65 Å². The second kappa shape index (κ2) is 10.8. The normalized spacial score (nSPS) is 18.3. The highest BCUT2D eigenvalue weighted by molar-refractivity contribution is 6.00. The molecule has 1 aromatic carbocycles. The standard InChI is InChI=1S/C26H26F2N8O4/c27-26(28)40-20-12-18-21(39-10-6-29-18)11-16(20)23-19(14-35(33-23)15-22(37)34-7-2-1-3-8-34)32-25(38)17-13-31-36-9-4-5-30-24(17)36/h1-2,4-5,9,11-14,23,26,29,33H,3,6-8,10,15H2,(H,32,38). The largest absolute Gasteiger partial charge is 0.490 e. The van der Waals surface area contributed by atoms with E-state index in [9.17, 15) is 18.4 Å². The zero-order valence-electron chi connectivity index (χ0n) is 21.2. The highest BCUT2D eigenvalue weighted by atomic mass is 19.3. The summed E-state index contributed by atoms with van der Waals surface area (Å²) < 4.78 is 39.0. The number of fused-ring (bicyclic) bond motifs is 2. The van der Waals surface area contributed by atoms with Gasteiger partial charge in [0.1, 0.15) is 30.2 Å². The summed E-state index contributed by atoms with van der Waals surface area (Å²) in [5.41, 5.74) is 4.85. The van der Waals surface area contributed by atoms with E-state index < -0.39 is 18.6 Å². The molecule has 5 heterocycles. The van der Waals surface area contributed by atoms with Crippen LogP contribution in [-0.2, 0) is 4.79 Å². The second-order valence-corrected chi connectivity index (χ2v) is 9.31. The molecule has 3 aromatic rings. The molecule has 0 saturated carbocycles. The lowest BCUT2D eigenvalue weighted by Gasteiger charge is -2.28. The maximum absolute atomic E-state index is 13.5. The molecule has 3 aliphatic rings. The molecule has 0 fully saturated rings. The summed E-state index contributed by atoms with van der Waals surface area (Å²) >= 11 is 0. The number of hydrazine groups is 1. The van der Waals surface area contributed by atoms with E-state index in [2.05, 4.69) is 26.1 Å². The number of nitrogens with one attached hydrogen (secondary N) is 3. The number of benzene rings is 1. The highest BCUT2D eigenvalue weighted by Gasteiger charge is 2.33. The first-order chi connectivity index (χ1) is 19.5. The number of halogens is 2. The smallest absolute Gasteiger partial charge is 0.387 e. The molecule has 1 unspecified atom stereocenters. The Hall–Kier alpha value is -4.72. The molecule has 0 saturated heterocycles. The molecule has 0 bridgehead atoms. The van der Waals surface area contributed by atoms with Crippen LogP contribution in [0.15, 0.2) is 60.8 Å². The molecule has 0 aliphatic carbocycles. The van der Waals surface area contributed by atoms with E-state index in [0.29, 0.717) is 54.6 Å². The summed E-state index contributed by atoms with van der Waals surface area (Å²) in [5, 5.41) is 11.6. The quantitative estimate of drug-likeness (QED) is 0.378. The van der Waals surface area contributed by atoms with Crippen LogP contribution in [0.4, 0.5) is 14.5 Å². The van der Waals surface area contributed by atoms with E-state index in [-0.39, 0.29) is 23.8 Å². The number of ether oxygens (including phenoxy) is 2. The first kappa shape index (κ1) is 25.6. The average molecular weight is 553 g/mol. The van der Waals surface area contributed by atoms with Crippen molar-refractivity contribution in [3.8, 4) is 11.5 Å². The number of carbonyl (C=O) groups excluding carboxylic acids is 2. The SMILES string of the molecule is O=C(NC1=CN(CC(=O)N2CC=CCC2)NC1c1cc2c(cc1OC(F)F)NCCO2)c1cnn2cccnc12. The lowest BCUT2D eigenvalue weighted by molar-refractivity contribution is -0.132. The van der Waals surface area contributed by atoms with Crippen molar-refractivity contribution in [1.29, 1.82) is 0 Å². The number of aromatic nitrogens is 3. The predicted molar refractivity (Wildman–Crippen MR) is 139 cm³/mol. The van der Waals surface area contributed by atoms with E-state index in [0.717, 1.165) is 6.42 Å². The maximum Gasteiger partial charge on any atom is 0.387 e. The molecular weight excluding hydrogens is 526 g/mol. The molecule has 2 aromatic heterocycles. The lowest BCUT2D eigenvalue weighted by Crippen LogP contribution is -2.43. The molecule has 0 radical (unpaired) electrons. The lowest BCUT2D eigenvalue weighted by atomic mass is 10.0. The van der Waals surface area contributed by atoms with Crippen molar-refractivity contribution >= 4 is 23.1 Å². The number of hydrogen-bond acceptors (Lipinski definition) is 9. The maximum atomic E-state index is 13.5. The Kier molecular flexibility index (Phi) is 6.90. The Morgan fingerprint density at radius 1 is 1.27 bits per heavy atom. The van der Waals surface area contributed by atoms with Crippen molar-refractivity contribution in [2.75, 3.05) is 38.1 Å².